The number of piperidine rings is 1. The Labute approximate surface area is 156 Å². The Bertz CT molecular complexity index is 718. The smallest absolute Gasteiger partial charge is 0.238 e. The third-order valence-corrected chi connectivity index (χ3v) is 5.16. The molecule has 0 aliphatic carbocycles. The van der Waals surface area contributed by atoms with Crippen LogP contribution in [0.5, 0.6) is 0 Å². The first-order valence-corrected chi connectivity index (χ1v) is 9.52. The van der Waals surface area contributed by atoms with Crippen LogP contribution < -0.4 is 15.5 Å². The molecule has 1 amide bonds. The number of rotatable bonds is 6. The number of nitrogens with zero attached hydrogens (tertiary/aromatic N) is 1. The number of amides is 1. The van der Waals surface area contributed by atoms with E-state index < -0.39 is 0 Å². The molecule has 3 rings (SSSR count). The van der Waals surface area contributed by atoms with Crippen LogP contribution in [0.3, 0.4) is 0 Å². The van der Waals surface area contributed by atoms with Gasteiger partial charge in [-0.1, -0.05) is 31.2 Å². The molecular weight excluding hydrogens is 322 g/mol. The first-order chi connectivity index (χ1) is 12.6. The van der Waals surface area contributed by atoms with Crippen molar-refractivity contribution in [3.63, 3.8) is 0 Å². The van der Waals surface area contributed by atoms with Gasteiger partial charge in [-0.15, -0.1) is 0 Å². The maximum atomic E-state index is 12.1. The number of nitrogens with one attached hydrogen (secondary N) is 2. The molecule has 1 heterocycles. The van der Waals surface area contributed by atoms with Gasteiger partial charge in [-0.05, 0) is 61.1 Å². The predicted octanol–water partition coefficient (Wildman–Crippen LogP) is 3.96. The molecule has 26 heavy (non-hydrogen) atoms. The van der Waals surface area contributed by atoms with Gasteiger partial charge in [-0.2, -0.15) is 0 Å². The van der Waals surface area contributed by atoms with E-state index in [0.717, 1.165) is 24.7 Å². The van der Waals surface area contributed by atoms with E-state index in [1.165, 1.54) is 29.7 Å². The summed E-state index contributed by atoms with van der Waals surface area (Å²) in [6.07, 6.45) is 2.51. The number of anilines is 2. The zero-order chi connectivity index (χ0) is 18.4. The van der Waals surface area contributed by atoms with Gasteiger partial charge in [0, 0.05) is 31.0 Å². The Morgan fingerprint density at radius 2 is 1.77 bits per heavy atom. The lowest BCUT2D eigenvalue weighted by Crippen LogP contribution is -2.32. The van der Waals surface area contributed by atoms with Gasteiger partial charge in [0.15, 0.2) is 0 Å². The highest BCUT2D eigenvalue weighted by Crippen LogP contribution is 2.24. The van der Waals surface area contributed by atoms with Crippen molar-refractivity contribution < 1.29 is 4.79 Å². The zero-order valence-corrected chi connectivity index (χ0v) is 15.8. The molecule has 1 aliphatic heterocycles. The average molecular weight is 351 g/mol. The summed E-state index contributed by atoms with van der Waals surface area (Å²) < 4.78 is 0. The summed E-state index contributed by atoms with van der Waals surface area (Å²) in [5.74, 6) is 0.815. The van der Waals surface area contributed by atoms with Crippen LogP contribution in [0.2, 0.25) is 0 Å². The lowest BCUT2D eigenvalue weighted by atomic mass is 9.99. The molecule has 0 aromatic heterocycles. The summed E-state index contributed by atoms with van der Waals surface area (Å²) in [6, 6.07) is 16.4. The van der Waals surface area contributed by atoms with Crippen LogP contribution in [-0.4, -0.2) is 25.5 Å². The van der Waals surface area contributed by atoms with Crippen molar-refractivity contribution in [2.24, 2.45) is 5.92 Å². The van der Waals surface area contributed by atoms with E-state index in [2.05, 4.69) is 53.6 Å². The minimum Gasteiger partial charge on any atom is -0.372 e. The molecule has 0 unspecified atom stereocenters. The third kappa shape index (κ3) is 5.09. The Morgan fingerprint density at radius 3 is 2.46 bits per heavy atom. The normalized spacial score (nSPS) is 15.1. The first kappa shape index (κ1) is 18.5. The van der Waals surface area contributed by atoms with E-state index in [-0.39, 0.29) is 5.91 Å². The largest absolute Gasteiger partial charge is 0.372 e. The quantitative estimate of drug-likeness (QED) is 0.828. The highest BCUT2D eigenvalue weighted by atomic mass is 16.1. The summed E-state index contributed by atoms with van der Waals surface area (Å²) in [7, 11) is 0. The van der Waals surface area contributed by atoms with E-state index in [1.54, 1.807) is 0 Å². The third-order valence-electron chi connectivity index (χ3n) is 5.16. The second kappa shape index (κ2) is 8.86. The fourth-order valence-corrected chi connectivity index (χ4v) is 3.35. The number of hydrogen-bond acceptors (Lipinski definition) is 3. The molecule has 2 N–H and O–H groups in total. The van der Waals surface area contributed by atoms with Gasteiger partial charge in [0.25, 0.3) is 0 Å². The minimum absolute atomic E-state index is 0.0156. The molecule has 1 fully saturated rings. The van der Waals surface area contributed by atoms with Crippen LogP contribution in [0.1, 0.15) is 30.9 Å². The molecule has 2 aromatic carbocycles. The zero-order valence-electron chi connectivity index (χ0n) is 15.8. The van der Waals surface area contributed by atoms with Crippen molar-refractivity contribution in [1.29, 1.82) is 0 Å². The second-order valence-electron chi connectivity index (χ2n) is 7.29. The van der Waals surface area contributed by atoms with Gasteiger partial charge in [0.2, 0.25) is 5.91 Å². The standard InChI is InChI=1S/C22H29N3O/c1-17-11-13-25(14-12-17)21-9-7-20(8-10-21)24-22(26)16-23-15-19-6-4-3-5-18(19)2/h3-10,17,23H,11-16H2,1-2H3,(H,24,26). The molecule has 0 saturated carbocycles. The summed E-state index contributed by atoms with van der Waals surface area (Å²) in [5, 5.41) is 6.17. The monoisotopic (exact) mass is 351 g/mol. The maximum absolute atomic E-state index is 12.1. The van der Waals surface area contributed by atoms with Crippen LogP contribution in [0.4, 0.5) is 11.4 Å². The highest BCUT2D eigenvalue weighted by molar-refractivity contribution is 5.92. The van der Waals surface area contributed by atoms with Crippen LogP contribution >= 0.6 is 0 Å². The van der Waals surface area contributed by atoms with Gasteiger partial charge in [0.05, 0.1) is 6.54 Å². The Hall–Kier alpha value is -2.33. The molecule has 0 atom stereocenters. The average Bonchev–Trinajstić information content (AvgIpc) is 2.65. The van der Waals surface area contributed by atoms with Crippen molar-refractivity contribution in [3.8, 4) is 0 Å². The first-order valence-electron chi connectivity index (χ1n) is 9.52. The van der Waals surface area contributed by atoms with Crippen LogP contribution in [0.25, 0.3) is 0 Å². The van der Waals surface area contributed by atoms with Gasteiger partial charge < -0.3 is 15.5 Å². The van der Waals surface area contributed by atoms with Crippen molar-refractivity contribution in [2.45, 2.75) is 33.2 Å². The molecule has 4 nitrogen and oxygen atoms in total. The van der Waals surface area contributed by atoms with Crippen molar-refractivity contribution in [2.75, 3.05) is 29.9 Å². The van der Waals surface area contributed by atoms with E-state index in [4.69, 9.17) is 0 Å². The molecule has 4 heteroatoms. The molecule has 138 valence electrons. The summed E-state index contributed by atoms with van der Waals surface area (Å²) >= 11 is 0. The molecule has 0 radical (unpaired) electrons. The maximum Gasteiger partial charge on any atom is 0.238 e. The fraction of sp³-hybridized carbons (Fsp3) is 0.409. The van der Waals surface area contributed by atoms with Gasteiger partial charge in [-0.3, -0.25) is 4.79 Å². The fourth-order valence-electron chi connectivity index (χ4n) is 3.35. The Morgan fingerprint density at radius 1 is 1.08 bits per heavy atom. The van der Waals surface area contributed by atoms with E-state index >= 15 is 0 Å². The lowest BCUT2D eigenvalue weighted by molar-refractivity contribution is -0.115. The van der Waals surface area contributed by atoms with Crippen LogP contribution in [0, 0.1) is 12.8 Å². The SMILES string of the molecule is Cc1ccccc1CNCC(=O)Nc1ccc(N2CCC(C)CC2)cc1. The summed E-state index contributed by atoms with van der Waals surface area (Å²) in [5.41, 5.74) is 4.55. The van der Waals surface area contributed by atoms with Gasteiger partial charge in [-0.25, -0.2) is 0 Å². The van der Waals surface area contributed by atoms with Gasteiger partial charge in [0.1, 0.15) is 0 Å². The number of aryl methyl sites for hydroxylation is 1. The number of carbonyl (C=O) groups excluding carboxylic acids is 1. The number of carbonyl (C=O) groups is 1. The summed E-state index contributed by atoms with van der Waals surface area (Å²) in [6.45, 7) is 7.66. The van der Waals surface area contributed by atoms with E-state index in [0.29, 0.717) is 13.1 Å². The van der Waals surface area contributed by atoms with Gasteiger partial charge >= 0.3 is 0 Å². The Kier molecular flexibility index (Phi) is 6.29. The second-order valence-corrected chi connectivity index (χ2v) is 7.29. The predicted molar refractivity (Wildman–Crippen MR) is 109 cm³/mol. The Balaban J connectivity index is 1.45. The van der Waals surface area contributed by atoms with Crippen molar-refractivity contribution >= 4 is 17.3 Å². The minimum atomic E-state index is -0.0156. The topological polar surface area (TPSA) is 44.4 Å². The van der Waals surface area contributed by atoms with Crippen LogP contribution in [0.15, 0.2) is 48.5 Å². The summed E-state index contributed by atoms with van der Waals surface area (Å²) in [4.78, 5) is 14.6. The lowest BCUT2D eigenvalue weighted by Gasteiger charge is -2.32. The van der Waals surface area contributed by atoms with E-state index in [9.17, 15) is 4.79 Å². The van der Waals surface area contributed by atoms with Crippen molar-refractivity contribution in [1.82, 2.24) is 5.32 Å². The number of hydrogen-bond donors (Lipinski definition) is 2. The highest BCUT2D eigenvalue weighted by Gasteiger charge is 2.15. The van der Waals surface area contributed by atoms with Crippen molar-refractivity contribution in [3.05, 3.63) is 59.7 Å². The number of benzene rings is 2. The molecule has 0 bridgehead atoms. The molecule has 0 spiro atoms. The van der Waals surface area contributed by atoms with Crippen LogP contribution in [-0.2, 0) is 11.3 Å². The van der Waals surface area contributed by atoms with E-state index in [1.807, 2.05) is 24.3 Å². The molecule has 1 saturated heterocycles. The molecule has 2 aromatic rings. The molecular formula is C22H29N3O. The molecule has 1 aliphatic rings.